The maximum Gasteiger partial charge on any atom is 0.115 e. The minimum Gasteiger partial charge on any atom is -0.508 e. The number of likely N-dealkylation sites (tertiary alicyclic amines) is 1. The quantitative estimate of drug-likeness (QED) is 0.764. The average molecular weight is 326 g/mol. The van der Waals surface area contributed by atoms with E-state index in [1.807, 2.05) is 18.2 Å². The Kier molecular flexibility index (Phi) is 5.51. The Hall–Kier alpha value is -1.88. The molecule has 3 N–H and O–H groups in total. The third-order valence-corrected chi connectivity index (χ3v) is 4.76. The van der Waals surface area contributed by atoms with Gasteiger partial charge in [0.2, 0.25) is 0 Å². The number of benzene rings is 2. The van der Waals surface area contributed by atoms with Crippen LogP contribution >= 0.6 is 0 Å². The number of hydrogen-bond donors (Lipinski definition) is 3. The second-order valence-corrected chi connectivity index (χ2v) is 6.68. The summed E-state index contributed by atoms with van der Waals surface area (Å²) in [6.45, 7) is 4.51. The largest absolute Gasteiger partial charge is 0.508 e. The summed E-state index contributed by atoms with van der Waals surface area (Å²) in [5.41, 5.74) is 2.35. The fourth-order valence-electron chi connectivity index (χ4n) is 3.41. The van der Waals surface area contributed by atoms with E-state index in [0.717, 1.165) is 31.6 Å². The molecule has 0 aromatic heterocycles. The maximum absolute atomic E-state index is 10.1. The molecule has 24 heavy (non-hydrogen) atoms. The lowest BCUT2D eigenvalue weighted by Gasteiger charge is -2.26. The Bertz CT molecular complexity index is 647. The van der Waals surface area contributed by atoms with Crippen LogP contribution in [0.5, 0.6) is 5.75 Å². The zero-order valence-corrected chi connectivity index (χ0v) is 14.1. The molecule has 0 unspecified atom stereocenters. The van der Waals surface area contributed by atoms with Gasteiger partial charge in [0.1, 0.15) is 5.75 Å². The number of phenolic OH excluding ortho intramolecular Hbond substituents is 1. The third kappa shape index (κ3) is 4.35. The van der Waals surface area contributed by atoms with Crippen molar-refractivity contribution in [3.8, 4) is 5.75 Å². The van der Waals surface area contributed by atoms with Crippen LogP contribution in [0.1, 0.15) is 30.5 Å². The second kappa shape index (κ2) is 7.79. The minimum atomic E-state index is -0.253. The molecule has 4 heteroatoms. The number of nitrogens with zero attached hydrogens (tertiary/aromatic N) is 1. The average Bonchev–Trinajstić information content (AvgIpc) is 2.93. The Morgan fingerprint density at radius 3 is 2.71 bits per heavy atom. The summed E-state index contributed by atoms with van der Waals surface area (Å²) in [5.74, 6) is 0.295. The molecular weight excluding hydrogens is 300 g/mol. The van der Waals surface area contributed by atoms with Gasteiger partial charge in [-0.05, 0) is 36.6 Å². The highest BCUT2D eigenvalue weighted by Crippen LogP contribution is 2.22. The van der Waals surface area contributed by atoms with Crippen molar-refractivity contribution in [2.75, 3.05) is 13.1 Å². The van der Waals surface area contributed by atoms with Crippen LogP contribution in [0.25, 0.3) is 0 Å². The minimum absolute atomic E-state index is 0.161. The summed E-state index contributed by atoms with van der Waals surface area (Å²) in [4.78, 5) is 2.35. The van der Waals surface area contributed by atoms with Crippen LogP contribution in [-0.4, -0.2) is 40.3 Å². The smallest absolute Gasteiger partial charge is 0.115 e. The molecule has 128 valence electrons. The van der Waals surface area contributed by atoms with Gasteiger partial charge in [0.25, 0.3) is 0 Å². The Balaban J connectivity index is 1.58. The molecule has 0 bridgehead atoms. The summed E-state index contributed by atoms with van der Waals surface area (Å²) in [6, 6.07) is 18.2. The lowest BCUT2D eigenvalue weighted by molar-refractivity contribution is 0.172. The van der Waals surface area contributed by atoms with Gasteiger partial charge in [0.15, 0.2) is 0 Å². The topological polar surface area (TPSA) is 55.7 Å². The first-order chi connectivity index (χ1) is 11.6. The normalized spacial score (nSPS) is 22.6. The molecule has 0 radical (unpaired) electrons. The summed E-state index contributed by atoms with van der Waals surface area (Å²) < 4.78 is 0. The van der Waals surface area contributed by atoms with E-state index in [1.165, 1.54) is 5.56 Å². The number of nitrogens with one attached hydrogen (secondary N) is 1. The Morgan fingerprint density at radius 2 is 1.96 bits per heavy atom. The summed E-state index contributed by atoms with van der Waals surface area (Å²) in [6.07, 6.45) is 0.545. The van der Waals surface area contributed by atoms with Crippen LogP contribution in [0.2, 0.25) is 0 Å². The molecule has 1 aliphatic heterocycles. The van der Waals surface area contributed by atoms with Crippen molar-refractivity contribution in [1.82, 2.24) is 10.2 Å². The molecule has 0 aliphatic carbocycles. The van der Waals surface area contributed by atoms with E-state index in [2.05, 4.69) is 41.4 Å². The zero-order chi connectivity index (χ0) is 16.9. The Morgan fingerprint density at radius 1 is 1.17 bits per heavy atom. The van der Waals surface area contributed by atoms with Gasteiger partial charge in [0, 0.05) is 31.7 Å². The number of rotatable bonds is 6. The van der Waals surface area contributed by atoms with E-state index < -0.39 is 0 Å². The van der Waals surface area contributed by atoms with E-state index >= 15 is 0 Å². The summed E-state index contributed by atoms with van der Waals surface area (Å²) in [5, 5.41) is 23.2. The molecule has 0 saturated carbocycles. The number of aliphatic hydroxyl groups excluding tert-OH is 1. The fourth-order valence-corrected chi connectivity index (χ4v) is 3.41. The molecular formula is C20H26N2O2. The van der Waals surface area contributed by atoms with E-state index in [0.29, 0.717) is 11.8 Å². The number of phenols is 1. The maximum atomic E-state index is 10.1. The molecule has 1 aliphatic rings. The lowest BCUT2D eigenvalue weighted by Crippen LogP contribution is -2.38. The van der Waals surface area contributed by atoms with Gasteiger partial charge in [-0.1, -0.05) is 42.5 Å². The van der Waals surface area contributed by atoms with Crippen LogP contribution in [-0.2, 0) is 6.54 Å². The third-order valence-electron chi connectivity index (χ3n) is 4.76. The van der Waals surface area contributed by atoms with Crippen molar-refractivity contribution in [2.45, 2.75) is 38.1 Å². The first kappa shape index (κ1) is 17.0. The van der Waals surface area contributed by atoms with Crippen molar-refractivity contribution < 1.29 is 10.2 Å². The Labute approximate surface area is 143 Å². The molecule has 2 aromatic carbocycles. The summed E-state index contributed by atoms with van der Waals surface area (Å²) >= 11 is 0. The van der Waals surface area contributed by atoms with E-state index in [-0.39, 0.29) is 12.1 Å². The lowest BCUT2D eigenvalue weighted by atomic mass is 10.1. The molecule has 1 saturated heterocycles. The molecule has 4 nitrogen and oxygen atoms in total. The fraction of sp³-hybridized carbons (Fsp3) is 0.400. The van der Waals surface area contributed by atoms with Gasteiger partial charge in [-0.2, -0.15) is 0 Å². The van der Waals surface area contributed by atoms with E-state index in [9.17, 15) is 10.2 Å². The van der Waals surface area contributed by atoms with Crippen LogP contribution < -0.4 is 5.32 Å². The molecule has 3 rings (SSSR count). The zero-order valence-electron chi connectivity index (χ0n) is 14.1. The van der Waals surface area contributed by atoms with Gasteiger partial charge >= 0.3 is 0 Å². The molecule has 2 aromatic rings. The van der Waals surface area contributed by atoms with Crippen molar-refractivity contribution in [3.05, 3.63) is 65.7 Å². The van der Waals surface area contributed by atoms with Crippen molar-refractivity contribution in [3.63, 3.8) is 0 Å². The van der Waals surface area contributed by atoms with Crippen molar-refractivity contribution >= 4 is 0 Å². The van der Waals surface area contributed by atoms with Crippen LogP contribution in [0, 0.1) is 0 Å². The van der Waals surface area contributed by atoms with Gasteiger partial charge in [-0.15, -0.1) is 0 Å². The highest BCUT2D eigenvalue weighted by molar-refractivity contribution is 5.29. The highest BCUT2D eigenvalue weighted by atomic mass is 16.3. The van der Waals surface area contributed by atoms with E-state index in [1.54, 1.807) is 12.1 Å². The number of hydrogen-bond acceptors (Lipinski definition) is 4. The molecule has 1 fully saturated rings. The predicted molar refractivity (Wildman–Crippen MR) is 95.8 cm³/mol. The first-order valence-corrected chi connectivity index (χ1v) is 8.60. The first-order valence-electron chi connectivity index (χ1n) is 8.60. The van der Waals surface area contributed by atoms with Gasteiger partial charge in [-0.3, -0.25) is 4.90 Å². The number of β-amino-alcohol motifs (C(OH)–C–C–N with tert-alkyl or cyclic N) is 1. The number of aliphatic hydroxyl groups is 1. The van der Waals surface area contributed by atoms with Crippen LogP contribution in [0.4, 0.5) is 0 Å². The number of aromatic hydroxyl groups is 1. The summed E-state index contributed by atoms with van der Waals surface area (Å²) in [7, 11) is 0. The highest BCUT2D eigenvalue weighted by Gasteiger charge is 2.30. The molecule has 1 heterocycles. The van der Waals surface area contributed by atoms with Crippen LogP contribution in [0.15, 0.2) is 54.6 Å². The van der Waals surface area contributed by atoms with Crippen molar-refractivity contribution in [1.29, 1.82) is 0 Å². The van der Waals surface area contributed by atoms with E-state index in [4.69, 9.17) is 0 Å². The predicted octanol–water partition coefficient (Wildman–Crippen LogP) is 2.68. The SMILES string of the molecule is C[C@H](NC[C@H]1C[C@@H](O)CN1Cc1ccccc1)c1cccc(O)c1. The van der Waals surface area contributed by atoms with Crippen molar-refractivity contribution in [2.24, 2.45) is 0 Å². The monoisotopic (exact) mass is 326 g/mol. The molecule has 3 atom stereocenters. The van der Waals surface area contributed by atoms with Gasteiger partial charge < -0.3 is 15.5 Å². The molecule has 0 spiro atoms. The second-order valence-electron chi connectivity index (χ2n) is 6.68. The van der Waals surface area contributed by atoms with Gasteiger partial charge in [-0.25, -0.2) is 0 Å². The van der Waals surface area contributed by atoms with Crippen LogP contribution in [0.3, 0.4) is 0 Å². The van der Waals surface area contributed by atoms with Gasteiger partial charge in [0.05, 0.1) is 6.10 Å². The molecule has 0 amide bonds. The standard InChI is InChI=1S/C20H26N2O2/c1-15(17-8-5-9-19(23)10-17)21-12-18-11-20(24)14-22(18)13-16-6-3-2-4-7-16/h2-10,15,18,20-21,23-24H,11-14H2,1H3/t15-,18+,20+/m0/s1.